The van der Waals surface area contributed by atoms with Crippen molar-refractivity contribution in [3.8, 4) is 0 Å². The van der Waals surface area contributed by atoms with E-state index in [-0.39, 0.29) is 11.7 Å². The monoisotopic (exact) mass is 343 g/mol. The smallest absolute Gasteiger partial charge is 0.224 e. The van der Waals surface area contributed by atoms with Crippen molar-refractivity contribution in [2.45, 2.75) is 37.5 Å². The summed E-state index contributed by atoms with van der Waals surface area (Å²) in [7, 11) is -3.15. The highest BCUT2D eigenvalue weighted by Crippen LogP contribution is 2.27. The molecule has 1 heterocycles. The van der Waals surface area contributed by atoms with Gasteiger partial charge in [-0.25, -0.2) is 8.42 Å². The van der Waals surface area contributed by atoms with Gasteiger partial charge in [0.2, 0.25) is 5.91 Å². The summed E-state index contributed by atoms with van der Waals surface area (Å²) < 4.78 is 24.0. The van der Waals surface area contributed by atoms with E-state index < -0.39 is 9.84 Å². The fourth-order valence-electron chi connectivity index (χ4n) is 3.08. The van der Waals surface area contributed by atoms with Gasteiger partial charge in [-0.05, 0) is 61.1 Å². The number of hydrogen-bond acceptors (Lipinski definition) is 3. The predicted molar refractivity (Wildman–Crippen MR) is 94.9 cm³/mol. The number of sulfone groups is 1. The van der Waals surface area contributed by atoms with Gasteiger partial charge in [0.1, 0.15) is 0 Å². The lowest BCUT2D eigenvalue weighted by atomic mass is 10.0. The van der Waals surface area contributed by atoms with Crippen LogP contribution in [0, 0.1) is 6.92 Å². The van der Waals surface area contributed by atoms with Gasteiger partial charge in [0, 0.05) is 12.1 Å². The van der Waals surface area contributed by atoms with E-state index in [0.717, 1.165) is 12.0 Å². The number of nitrogens with one attached hydrogen (secondary N) is 1. The second-order valence-corrected chi connectivity index (χ2v) is 8.30. The summed E-state index contributed by atoms with van der Waals surface area (Å²) in [4.78, 5) is 12.6. The number of amides is 1. The van der Waals surface area contributed by atoms with E-state index in [9.17, 15) is 13.2 Å². The largest absolute Gasteiger partial charge is 0.326 e. The molecule has 126 valence electrons. The van der Waals surface area contributed by atoms with Crippen molar-refractivity contribution in [2.75, 3.05) is 11.1 Å². The van der Waals surface area contributed by atoms with E-state index in [4.69, 9.17) is 0 Å². The molecule has 5 heteroatoms. The van der Waals surface area contributed by atoms with Crippen LogP contribution in [0.4, 0.5) is 5.69 Å². The molecule has 3 rings (SSSR count). The van der Waals surface area contributed by atoms with Crippen LogP contribution >= 0.6 is 0 Å². The maximum Gasteiger partial charge on any atom is 0.224 e. The topological polar surface area (TPSA) is 63.2 Å². The van der Waals surface area contributed by atoms with Crippen LogP contribution in [0.1, 0.15) is 29.5 Å². The van der Waals surface area contributed by atoms with Gasteiger partial charge < -0.3 is 5.32 Å². The number of rotatable bonds is 4. The molecule has 1 N–H and O–H groups in total. The van der Waals surface area contributed by atoms with E-state index >= 15 is 0 Å². The summed E-state index contributed by atoms with van der Waals surface area (Å²) in [6.07, 6.45) is 2.47. The van der Waals surface area contributed by atoms with Gasteiger partial charge in [-0.1, -0.05) is 24.3 Å². The molecule has 0 saturated carbocycles. The second-order valence-electron chi connectivity index (χ2n) is 6.22. The van der Waals surface area contributed by atoms with Crippen molar-refractivity contribution in [1.82, 2.24) is 0 Å². The third kappa shape index (κ3) is 3.67. The molecular formula is C19H21NO3S. The Morgan fingerprint density at radius 1 is 1.17 bits per heavy atom. The zero-order chi connectivity index (χ0) is 17.2. The molecule has 0 unspecified atom stereocenters. The van der Waals surface area contributed by atoms with Gasteiger partial charge in [0.05, 0.1) is 10.6 Å². The minimum atomic E-state index is -3.15. The first kappa shape index (κ1) is 16.7. The van der Waals surface area contributed by atoms with Crippen molar-refractivity contribution >= 4 is 21.4 Å². The number of carbonyl (C=O) groups excluding carboxylic acids is 1. The number of carbonyl (C=O) groups is 1. The van der Waals surface area contributed by atoms with E-state index in [0.29, 0.717) is 29.8 Å². The van der Waals surface area contributed by atoms with Crippen molar-refractivity contribution in [3.63, 3.8) is 0 Å². The summed E-state index contributed by atoms with van der Waals surface area (Å²) in [5, 5.41) is 2.88. The Balaban J connectivity index is 1.66. The van der Waals surface area contributed by atoms with Crippen LogP contribution in [-0.4, -0.2) is 20.1 Å². The molecule has 0 saturated heterocycles. The summed E-state index contributed by atoms with van der Waals surface area (Å²) in [6.45, 7) is 2.04. The third-order valence-corrected chi connectivity index (χ3v) is 6.32. The van der Waals surface area contributed by atoms with Crippen molar-refractivity contribution in [1.29, 1.82) is 0 Å². The Labute approximate surface area is 142 Å². The molecule has 2 aromatic carbocycles. The molecule has 2 aromatic rings. The average molecular weight is 343 g/mol. The number of benzene rings is 2. The first-order valence-corrected chi connectivity index (χ1v) is 9.81. The summed E-state index contributed by atoms with van der Waals surface area (Å²) >= 11 is 0. The lowest BCUT2D eigenvalue weighted by molar-refractivity contribution is -0.116. The Morgan fingerprint density at radius 3 is 2.75 bits per heavy atom. The molecule has 4 nitrogen and oxygen atoms in total. The van der Waals surface area contributed by atoms with Crippen LogP contribution in [0.25, 0.3) is 0 Å². The van der Waals surface area contributed by atoms with E-state index in [1.807, 2.05) is 31.2 Å². The zero-order valence-electron chi connectivity index (χ0n) is 13.7. The Kier molecular flexibility index (Phi) is 4.71. The predicted octanol–water partition coefficient (Wildman–Crippen LogP) is 3.29. The quantitative estimate of drug-likeness (QED) is 0.926. The van der Waals surface area contributed by atoms with Crippen LogP contribution in [0.3, 0.4) is 0 Å². The maximum absolute atomic E-state index is 12.2. The highest BCUT2D eigenvalue weighted by molar-refractivity contribution is 7.91. The molecule has 0 aromatic heterocycles. The van der Waals surface area contributed by atoms with Crippen molar-refractivity contribution < 1.29 is 13.2 Å². The van der Waals surface area contributed by atoms with Gasteiger partial charge in [-0.15, -0.1) is 0 Å². The van der Waals surface area contributed by atoms with Gasteiger partial charge in [0.15, 0.2) is 9.84 Å². The molecule has 1 aliphatic rings. The van der Waals surface area contributed by atoms with Gasteiger partial charge in [0.25, 0.3) is 0 Å². The second kappa shape index (κ2) is 6.77. The first-order chi connectivity index (χ1) is 11.5. The van der Waals surface area contributed by atoms with Crippen LogP contribution < -0.4 is 5.32 Å². The molecule has 1 amide bonds. The number of fused-ring (bicyclic) bond motifs is 1. The van der Waals surface area contributed by atoms with E-state index in [2.05, 4.69) is 5.32 Å². The lowest BCUT2D eigenvalue weighted by Gasteiger charge is -2.17. The molecule has 0 atom stereocenters. The van der Waals surface area contributed by atoms with Gasteiger partial charge in [-0.3, -0.25) is 4.79 Å². The first-order valence-electron chi connectivity index (χ1n) is 8.16. The van der Waals surface area contributed by atoms with Crippen LogP contribution in [-0.2, 0) is 27.5 Å². The third-order valence-electron chi connectivity index (χ3n) is 4.42. The average Bonchev–Trinajstić information content (AvgIpc) is 2.53. The van der Waals surface area contributed by atoms with E-state index in [1.54, 1.807) is 18.2 Å². The minimum Gasteiger partial charge on any atom is -0.326 e. The molecule has 1 aliphatic heterocycles. The maximum atomic E-state index is 12.2. The Hall–Kier alpha value is -2.14. The van der Waals surface area contributed by atoms with Crippen molar-refractivity contribution in [2.24, 2.45) is 0 Å². The van der Waals surface area contributed by atoms with Gasteiger partial charge >= 0.3 is 0 Å². The van der Waals surface area contributed by atoms with Crippen LogP contribution in [0.15, 0.2) is 47.4 Å². The fraction of sp³-hybridized carbons (Fsp3) is 0.316. The van der Waals surface area contributed by atoms with Crippen LogP contribution in [0.2, 0.25) is 0 Å². The van der Waals surface area contributed by atoms with Crippen molar-refractivity contribution in [3.05, 3.63) is 59.2 Å². The number of anilines is 1. The molecule has 0 bridgehead atoms. The molecule has 0 aliphatic carbocycles. The zero-order valence-corrected chi connectivity index (χ0v) is 14.5. The highest BCUT2D eigenvalue weighted by Gasteiger charge is 2.23. The number of aryl methyl sites for hydroxylation is 3. The normalized spacial score (nSPS) is 15.5. The molecule has 0 spiro atoms. The minimum absolute atomic E-state index is 0.0585. The molecule has 0 fully saturated rings. The van der Waals surface area contributed by atoms with Gasteiger partial charge in [-0.2, -0.15) is 0 Å². The summed E-state index contributed by atoms with van der Waals surface area (Å²) in [5.74, 6) is 0.152. The molecular weight excluding hydrogens is 322 g/mol. The summed E-state index contributed by atoms with van der Waals surface area (Å²) in [5.41, 5.74) is 3.83. The molecule has 24 heavy (non-hydrogen) atoms. The Bertz CT molecular complexity index is 872. The van der Waals surface area contributed by atoms with Crippen LogP contribution in [0.5, 0.6) is 0 Å². The standard InChI is InChI=1S/C19H21NO3S/c1-14-5-2-3-6-15(14)8-11-19(21)20-17-9-10-18-16(13-17)7-4-12-24(18,22)23/h2-3,5-6,9-10,13H,4,7-8,11-12H2,1H3,(H,20,21). The highest BCUT2D eigenvalue weighted by atomic mass is 32.2. The van der Waals surface area contributed by atoms with E-state index in [1.165, 1.54) is 11.1 Å². The fourth-order valence-corrected chi connectivity index (χ4v) is 4.66. The molecule has 0 radical (unpaired) electrons. The number of hydrogen-bond donors (Lipinski definition) is 1. The SMILES string of the molecule is Cc1ccccc1CCC(=O)Nc1ccc2c(c1)CCCS2(=O)=O. The lowest BCUT2D eigenvalue weighted by Crippen LogP contribution is -2.17. The Morgan fingerprint density at radius 2 is 1.96 bits per heavy atom. The summed E-state index contributed by atoms with van der Waals surface area (Å²) in [6, 6.07) is 13.1.